The smallest absolute Gasteiger partial charge is 0.350 e. The van der Waals surface area contributed by atoms with Gasteiger partial charge < -0.3 is 4.74 Å². The van der Waals surface area contributed by atoms with Crippen LogP contribution in [0.5, 0.6) is 10.8 Å². The molecule has 0 saturated carbocycles. The van der Waals surface area contributed by atoms with Crippen molar-refractivity contribution in [1.82, 2.24) is 19.3 Å². The van der Waals surface area contributed by atoms with Crippen molar-refractivity contribution in [3.63, 3.8) is 0 Å². The van der Waals surface area contributed by atoms with Gasteiger partial charge in [-0.25, -0.2) is 18.6 Å². The van der Waals surface area contributed by atoms with Gasteiger partial charge in [0.25, 0.3) is 0 Å². The number of aromatic nitrogens is 4. The van der Waals surface area contributed by atoms with E-state index >= 15 is 0 Å². The molecule has 0 N–H and O–H groups in total. The maximum atomic E-state index is 13.9. The van der Waals surface area contributed by atoms with Crippen LogP contribution in [0, 0.1) is 18.6 Å². The lowest BCUT2D eigenvalue weighted by Crippen LogP contribution is -2.24. The Balaban J connectivity index is 1.62. The molecular formula is C19H13ClF2N4O2S. The quantitative estimate of drug-likeness (QED) is 0.461. The minimum Gasteiger partial charge on any atom is -0.443 e. The highest BCUT2D eigenvalue weighted by Gasteiger charge is 2.15. The van der Waals surface area contributed by atoms with E-state index in [0.717, 1.165) is 27.1 Å². The van der Waals surface area contributed by atoms with Crippen molar-refractivity contribution in [2.24, 2.45) is 0 Å². The predicted molar refractivity (Wildman–Crippen MR) is 105 cm³/mol. The van der Waals surface area contributed by atoms with Gasteiger partial charge in [-0.05, 0) is 37.3 Å². The van der Waals surface area contributed by atoms with Gasteiger partial charge in [0.2, 0.25) is 5.06 Å². The van der Waals surface area contributed by atoms with E-state index in [9.17, 15) is 13.6 Å². The Bertz CT molecular complexity index is 1230. The first kappa shape index (κ1) is 19.3. The normalized spacial score (nSPS) is 11.0. The number of ether oxygens (including phenoxy) is 1. The van der Waals surface area contributed by atoms with Crippen molar-refractivity contribution >= 4 is 22.9 Å². The van der Waals surface area contributed by atoms with Crippen molar-refractivity contribution in [2.75, 3.05) is 0 Å². The van der Waals surface area contributed by atoms with Crippen molar-refractivity contribution in [1.29, 1.82) is 0 Å². The van der Waals surface area contributed by atoms with Crippen molar-refractivity contribution < 1.29 is 13.5 Å². The lowest BCUT2D eigenvalue weighted by molar-refractivity contribution is 0.491. The molecule has 4 aromatic rings. The summed E-state index contributed by atoms with van der Waals surface area (Å²) in [6, 6.07) is 8.28. The fourth-order valence-corrected chi connectivity index (χ4v) is 3.55. The summed E-state index contributed by atoms with van der Waals surface area (Å²) in [5.41, 5.74) is 2.02. The second-order valence-corrected chi connectivity index (χ2v) is 7.32. The second-order valence-electron chi connectivity index (χ2n) is 6.10. The lowest BCUT2D eigenvalue weighted by Gasteiger charge is -2.08. The molecule has 6 nitrogen and oxygen atoms in total. The molecule has 2 aromatic heterocycles. The molecule has 29 heavy (non-hydrogen) atoms. The molecule has 0 saturated heterocycles. The number of rotatable bonds is 5. The second kappa shape index (κ2) is 7.76. The maximum Gasteiger partial charge on any atom is 0.350 e. The standard InChI is InChI=1S/C19H13ClF2N4O2S/c1-11-18(29-10-23-11)28-17-6-5-12(7-14(17)20)26-19(27)25(9-24-26)8-13-15(21)3-2-4-16(13)22/h2-7,9-10H,8H2,1H3. The summed E-state index contributed by atoms with van der Waals surface area (Å²) in [5.74, 6) is -1.05. The number of aryl methyl sites for hydroxylation is 1. The van der Waals surface area contributed by atoms with E-state index in [0.29, 0.717) is 16.5 Å². The number of nitrogens with zero attached hydrogens (tertiary/aromatic N) is 4. The third kappa shape index (κ3) is 3.79. The average molecular weight is 435 g/mol. The first-order chi connectivity index (χ1) is 13.9. The van der Waals surface area contributed by atoms with E-state index in [-0.39, 0.29) is 17.1 Å². The minimum absolute atomic E-state index is 0.212. The molecule has 0 radical (unpaired) electrons. The fraction of sp³-hybridized carbons (Fsp3) is 0.105. The predicted octanol–water partition coefficient (Wildman–Crippen LogP) is 4.57. The third-order valence-electron chi connectivity index (χ3n) is 4.19. The Labute approximate surface area is 172 Å². The number of hydrogen-bond acceptors (Lipinski definition) is 5. The van der Waals surface area contributed by atoms with E-state index in [4.69, 9.17) is 16.3 Å². The minimum atomic E-state index is -0.729. The average Bonchev–Trinajstić information content (AvgIpc) is 3.26. The van der Waals surface area contributed by atoms with Crippen LogP contribution in [0.15, 0.2) is 53.0 Å². The van der Waals surface area contributed by atoms with Gasteiger partial charge in [-0.3, -0.25) is 4.57 Å². The highest BCUT2D eigenvalue weighted by molar-refractivity contribution is 7.11. The van der Waals surface area contributed by atoms with Crippen LogP contribution >= 0.6 is 22.9 Å². The van der Waals surface area contributed by atoms with Gasteiger partial charge in [-0.2, -0.15) is 9.78 Å². The molecule has 0 bridgehead atoms. The number of benzene rings is 2. The molecule has 0 atom stereocenters. The monoisotopic (exact) mass is 434 g/mol. The Morgan fingerprint density at radius 2 is 1.97 bits per heavy atom. The SMILES string of the molecule is Cc1ncsc1Oc1ccc(-n2ncn(Cc3c(F)cccc3F)c2=O)cc1Cl. The van der Waals surface area contributed by atoms with Crippen molar-refractivity contribution in [2.45, 2.75) is 13.5 Å². The summed E-state index contributed by atoms with van der Waals surface area (Å²) in [6.07, 6.45) is 1.22. The molecule has 0 aliphatic rings. The van der Waals surface area contributed by atoms with Crippen LogP contribution in [-0.2, 0) is 6.54 Å². The highest BCUT2D eigenvalue weighted by atomic mass is 35.5. The molecule has 2 aromatic carbocycles. The van der Waals surface area contributed by atoms with E-state index in [1.807, 2.05) is 6.92 Å². The van der Waals surface area contributed by atoms with Gasteiger partial charge in [0.05, 0.1) is 28.5 Å². The Morgan fingerprint density at radius 1 is 1.21 bits per heavy atom. The molecule has 0 fully saturated rings. The molecule has 10 heteroatoms. The molecule has 0 amide bonds. The zero-order valence-electron chi connectivity index (χ0n) is 15.0. The van der Waals surface area contributed by atoms with Crippen LogP contribution in [0.2, 0.25) is 5.02 Å². The Morgan fingerprint density at radius 3 is 2.62 bits per heavy atom. The third-order valence-corrected chi connectivity index (χ3v) is 5.29. The molecule has 0 unspecified atom stereocenters. The van der Waals surface area contributed by atoms with E-state index in [2.05, 4.69) is 10.1 Å². The molecule has 0 aliphatic heterocycles. The van der Waals surface area contributed by atoms with Gasteiger partial charge in [0.1, 0.15) is 23.7 Å². The van der Waals surface area contributed by atoms with Crippen LogP contribution in [0.4, 0.5) is 8.78 Å². The number of hydrogen-bond donors (Lipinski definition) is 0. The molecule has 2 heterocycles. The summed E-state index contributed by atoms with van der Waals surface area (Å²) in [5, 5.41) is 4.91. The zero-order chi connectivity index (χ0) is 20.5. The molecule has 148 valence electrons. The lowest BCUT2D eigenvalue weighted by atomic mass is 10.2. The van der Waals surface area contributed by atoms with Gasteiger partial charge in [0.15, 0.2) is 0 Å². The fourth-order valence-electron chi connectivity index (χ4n) is 2.67. The number of thiazole rings is 1. The van der Waals surface area contributed by atoms with E-state index in [1.165, 1.54) is 29.8 Å². The topological polar surface area (TPSA) is 61.9 Å². The maximum absolute atomic E-state index is 13.9. The molecular weight excluding hydrogens is 422 g/mol. The molecule has 0 spiro atoms. The van der Waals surface area contributed by atoms with Crippen LogP contribution < -0.4 is 10.4 Å². The Hall–Kier alpha value is -3.04. The zero-order valence-corrected chi connectivity index (χ0v) is 16.5. The van der Waals surface area contributed by atoms with Crippen LogP contribution in [0.3, 0.4) is 0 Å². The van der Waals surface area contributed by atoms with E-state index in [1.54, 1.807) is 17.6 Å². The van der Waals surface area contributed by atoms with Gasteiger partial charge in [-0.15, -0.1) is 0 Å². The van der Waals surface area contributed by atoms with E-state index < -0.39 is 17.3 Å². The van der Waals surface area contributed by atoms with Crippen molar-refractivity contribution in [3.05, 3.63) is 86.6 Å². The highest BCUT2D eigenvalue weighted by Crippen LogP contribution is 2.34. The van der Waals surface area contributed by atoms with Gasteiger partial charge >= 0.3 is 5.69 Å². The van der Waals surface area contributed by atoms with Crippen LogP contribution in [0.1, 0.15) is 11.3 Å². The van der Waals surface area contributed by atoms with Crippen LogP contribution in [0.25, 0.3) is 5.69 Å². The number of halogens is 3. The summed E-state index contributed by atoms with van der Waals surface area (Å²) < 4.78 is 35.7. The first-order valence-electron chi connectivity index (χ1n) is 8.39. The summed E-state index contributed by atoms with van der Waals surface area (Å²) in [7, 11) is 0. The Kier molecular flexibility index (Phi) is 5.16. The largest absolute Gasteiger partial charge is 0.443 e. The van der Waals surface area contributed by atoms with Crippen molar-refractivity contribution in [3.8, 4) is 16.5 Å². The molecule has 4 rings (SSSR count). The van der Waals surface area contributed by atoms with Gasteiger partial charge in [-0.1, -0.05) is 29.0 Å². The molecule has 0 aliphatic carbocycles. The van der Waals surface area contributed by atoms with Crippen LogP contribution in [-0.4, -0.2) is 19.3 Å². The summed E-state index contributed by atoms with van der Waals surface area (Å²) in [6.45, 7) is 1.54. The van der Waals surface area contributed by atoms with Gasteiger partial charge in [0, 0.05) is 5.56 Å². The summed E-state index contributed by atoms with van der Waals surface area (Å²) >= 11 is 7.63. The summed E-state index contributed by atoms with van der Waals surface area (Å²) in [4.78, 5) is 16.7. The first-order valence-corrected chi connectivity index (χ1v) is 9.65.